The number of H-pyrrole nitrogens is 1. The molecule has 0 aliphatic rings. The summed E-state index contributed by atoms with van der Waals surface area (Å²) in [7, 11) is 0. The maximum atomic E-state index is 9.29. The van der Waals surface area contributed by atoms with Gasteiger partial charge in [-0.15, -0.1) is 0 Å². The molecule has 7 heteroatoms. The fourth-order valence-corrected chi connectivity index (χ4v) is 1.11. The minimum absolute atomic E-state index is 0.231. The molecule has 2 rings (SSSR count). The lowest BCUT2D eigenvalue weighted by Gasteiger charge is -2.00. The average molecular weight is 195 g/mol. The van der Waals surface area contributed by atoms with Crippen molar-refractivity contribution in [3.63, 3.8) is 0 Å². The highest BCUT2D eigenvalue weighted by atomic mass is 16.3. The molecule has 5 N–H and O–H groups in total. The Bertz CT molecular complexity index is 454. The third-order valence-electron chi connectivity index (χ3n) is 1.82. The Morgan fingerprint density at radius 1 is 1.50 bits per heavy atom. The summed E-state index contributed by atoms with van der Waals surface area (Å²) >= 11 is 0. The molecule has 2 aromatic heterocycles. The molecule has 0 saturated heterocycles. The first-order valence-corrected chi connectivity index (χ1v) is 3.97. The lowest BCUT2D eigenvalue weighted by Crippen LogP contribution is -2.04. The van der Waals surface area contributed by atoms with Crippen LogP contribution in [0.1, 0.15) is 11.9 Å². The number of aliphatic hydroxyl groups is 2. The van der Waals surface area contributed by atoms with Gasteiger partial charge < -0.3 is 20.9 Å². The van der Waals surface area contributed by atoms with Crippen LogP contribution in [0.25, 0.3) is 11.2 Å². The van der Waals surface area contributed by atoms with Crippen molar-refractivity contribution in [2.45, 2.75) is 6.10 Å². The van der Waals surface area contributed by atoms with Crippen LogP contribution in [0.2, 0.25) is 0 Å². The van der Waals surface area contributed by atoms with E-state index in [1.54, 1.807) is 0 Å². The Balaban J connectivity index is 2.56. The van der Waals surface area contributed by atoms with Gasteiger partial charge in [0, 0.05) is 0 Å². The van der Waals surface area contributed by atoms with E-state index >= 15 is 0 Å². The van der Waals surface area contributed by atoms with Crippen LogP contribution in [0.5, 0.6) is 0 Å². The fourth-order valence-electron chi connectivity index (χ4n) is 1.11. The smallest absolute Gasteiger partial charge is 0.183 e. The predicted octanol–water partition coefficient (Wildman–Crippen LogP) is -1.04. The van der Waals surface area contributed by atoms with Crippen molar-refractivity contribution in [2.75, 3.05) is 12.3 Å². The van der Waals surface area contributed by atoms with Gasteiger partial charge in [0.15, 0.2) is 11.5 Å². The Labute approximate surface area is 78.6 Å². The quantitative estimate of drug-likeness (QED) is 0.485. The lowest BCUT2D eigenvalue weighted by molar-refractivity contribution is 0.0895. The number of aromatic nitrogens is 4. The SMILES string of the molecule is Nc1ncnc2nc(C(O)CO)[nH]c12. The normalized spacial score (nSPS) is 13.3. The van der Waals surface area contributed by atoms with Gasteiger partial charge in [0.05, 0.1) is 6.61 Å². The van der Waals surface area contributed by atoms with Gasteiger partial charge in [0.25, 0.3) is 0 Å². The second-order valence-electron chi connectivity index (χ2n) is 2.78. The van der Waals surface area contributed by atoms with Crippen molar-refractivity contribution in [3.8, 4) is 0 Å². The number of aromatic amines is 1. The van der Waals surface area contributed by atoms with Crippen LogP contribution in [-0.4, -0.2) is 36.8 Å². The van der Waals surface area contributed by atoms with Crippen molar-refractivity contribution in [2.24, 2.45) is 0 Å². The molecule has 0 bridgehead atoms. The summed E-state index contributed by atoms with van der Waals surface area (Å²) < 4.78 is 0. The highest BCUT2D eigenvalue weighted by Gasteiger charge is 2.13. The first kappa shape index (κ1) is 8.85. The molecule has 0 saturated carbocycles. The summed E-state index contributed by atoms with van der Waals surface area (Å²) in [5, 5.41) is 18.0. The number of imidazole rings is 1. The lowest BCUT2D eigenvalue weighted by atomic mass is 10.4. The summed E-state index contributed by atoms with van der Waals surface area (Å²) in [4.78, 5) is 14.3. The Kier molecular flexibility index (Phi) is 2.02. The van der Waals surface area contributed by atoms with Gasteiger partial charge in [-0.1, -0.05) is 0 Å². The van der Waals surface area contributed by atoms with Gasteiger partial charge in [0.1, 0.15) is 23.8 Å². The van der Waals surface area contributed by atoms with E-state index in [9.17, 15) is 5.11 Å². The Hall–Kier alpha value is -1.73. The number of rotatable bonds is 2. The average Bonchev–Trinajstić information content (AvgIpc) is 2.62. The molecule has 1 unspecified atom stereocenters. The molecule has 2 heterocycles. The Morgan fingerprint density at radius 2 is 2.29 bits per heavy atom. The zero-order valence-corrected chi connectivity index (χ0v) is 7.18. The van der Waals surface area contributed by atoms with Gasteiger partial charge in [-0.2, -0.15) is 0 Å². The third-order valence-corrected chi connectivity index (χ3v) is 1.82. The maximum absolute atomic E-state index is 9.29. The topological polar surface area (TPSA) is 121 Å². The summed E-state index contributed by atoms with van der Waals surface area (Å²) in [6.07, 6.45) is 0.233. The number of hydrogen-bond acceptors (Lipinski definition) is 6. The van der Waals surface area contributed by atoms with Crippen LogP contribution in [-0.2, 0) is 0 Å². The van der Waals surface area contributed by atoms with E-state index in [1.165, 1.54) is 6.33 Å². The van der Waals surface area contributed by atoms with Gasteiger partial charge >= 0.3 is 0 Å². The fraction of sp³-hybridized carbons (Fsp3) is 0.286. The first-order valence-electron chi connectivity index (χ1n) is 3.97. The molecule has 1 atom stereocenters. The standard InChI is InChI=1S/C7H9N5O2/c8-5-4-7(10-2-9-5)12-6(11-4)3(14)1-13/h2-3,13-14H,1H2,(H3,8,9,10,11,12). The van der Waals surface area contributed by atoms with Crippen LogP contribution in [0.15, 0.2) is 6.33 Å². The van der Waals surface area contributed by atoms with Crippen LogP contribution >= 0.6 is 0 Å². The molecule has 0 radical (unpaired) electrons. The number of aliphatic hydroxyl groups excluding tert-OH is 2. The molecule has 0 aliphatic carbocycles. The summed E-state index contributed by atoms with van der Waals surface area (Å²) in [6, 6.07) is 0. The molecule has 0 aromatic carbocycles. The van der Waals surface area contributed by atoms with Crippen molar-refractivity contribution in [1.82, 2.24) is 19.9 Å². The van der Waals surface area contributed by atoms with E-state index in [0.717, 1.165) is 0 Å². The number of nitrogen functional groups attached to an aromatic ring is 1. The molecule has 74 valence electrons. The number of nitrogens with two attached hydrogens (primary N) is 1. The van der Waals surface area contributed by atoms with E-state index in [-0.39, 0.29) is 11.6 Å². The highest BCUT2D eigenvalue weighted by molar-refractivity contribution is 5.81. The number of fused-ring (bicyclic) bond motifs is 1. The second kappa shape index (κ2) is 3.20. The van der Waals surface area contributed by atoms with Crippen molar-refractivity contribution < 1.29 is 10.2 Å². The first-order chi connectivity index (χ1) is 6.72. The van der Waals surface area contributed by atoms with E-state index in [4.69, 9.17) is 10.8 Å². The number of nitrogens with zero attached hydrogens (tertiary/aromatic N) is 3. The minimum atomic E-state index is -1.05. The zero-order chi connectivity index (χ0) is 10.1. The summed E-state index contributed by atoms with van der Waals surface area (Å²) in [5.41, 5.74) is 6.39. The van der Waals surface area contributed by atoms with E-state index in [1.807, 2.05) is 0 Å². The van der Waals surface area contributed by atoms with Crippen LogP contribution in [0.3, 0.4) is 0 Å². The minimum Gasteiger partial charge on any atom is -0.393 e. The molecule has 2 aromatic rings. The van der Waals surface area contributed by atoms with Crippen LogP contribution in [0.4, 0.5) is 5.82 Å². The molecular weight excluding hydrogens is 186 g/mol. The molecule has 7 nitrogen and oxygen atoms in total. The van der Waals surface area contributed by atoms with Gasteiger partial charge in [-0.05, 0) is 0 Å². The van der Waals surface area contributed by atoms with Crippen molar-refractivity contribution in [1.29, 1.82) is 0 Å². The van der Waals surface area contributed by atoms with Gasteiger partial charge in [-0.25, -0.2) is 15.0 Å². The predicted molar refractivity (Wildman–Crippen MR) is 48.1 cm³/mol. The largest absolute Gasteiger partial charge is 0.393 e. The van der Waals surface area contributed by atoms with Gasteiger partial charge in [-0.3, -0.25) is 0 Å². The molecule has 0 fully saturated rings. The summed E-state index contributed by atoms with van der Waals surface area (Å²) in [6.45, 7) is -0.410. The van der Waals surface area contributed by atoms with Crippen molar-refractivity contribution >= 4 is 17.0 Å². The number of anilines is 1. The zero-order valence-electron chi connectivity index (χ0n) is 7.18. The highest BCUT2D eigenvalue weighted by Crippen LogP contribution is 2.16. The van der Waals surface area contributed by atoms with Crippen LogP contribution in [0, 0.1) is 0 Å². The number of nitrogens with one attached hydrogen (secondary N) is 1. The van der Waals surface area contributed by atoms with Crippen LogP contribution < -0.4 is 5.73 Å². The van der Waals surface area contributed by atoms with E-state index in [0.29, 0.717) is 11.2 Å². The monoisotopic (exact) mass is 195 g/mol. The van der Waals surface area contributed by atoms with Crippen molar-refractivity contribution in [3.05, 3.63) is 12.2 Å². The van der Waals surface area contributed by atoms with E-state index in [2.05, 4.69) is 19.9 Å². The maximum Gasteiger partial charge on any atom is 0.183 e. The summed E-state index contributed by atoms with van der Waals surface area (Å²) in [5.74, 6) is 0.494. The molecule has 0 aliphatic heterocycles. The third kappa shape index (κ3) is 1.28. The Morgan fingerprint density at radius 3 is 2.93 bits per heavy atom. The second-order valence-corrected chi connectivity index (χ2v) is 2.78. The number of hydrogen-bond donors (Lipinski definition) is 4. The molecule has 0 spiro atoms. The molecule has 0 amide bonds. The van der Waals surface area contributed by atoms with E-state index < -0.39 is 12.7 Å². The molecular formula is C7H9N5O2. The molecule has 14 heavy (non-hydrogen) atoms. The van der Waals surface area contributed by atoms with Gasteiger partial charge in [0.2, 0.25) is 0 Å².